The number of nitrogens with zero attached hydrogens (tertiary/aromatic N) is 1. The summed E-state index contributed by atoms with van der Waals surface area (Å²) < 4.78 is 18.8. The molecule has 0 unspecified atom stereocenters. The van der Waals surface area contributed by atoms with E-state index < -0.39 is 6.03 Å². The minimum absolute atomic E-state index is 0.0417. The van der Waals surface area contributed by atoms with Crippen LogP contribution in [-0.4, -0.2) is 42.6 Å². The van der Waals surface area contributed by atoms with E-state index in [4.69, 9.17) is 10.5 Å². The van der Waals surface area contributed by atoms with Gasteiger partial charge in [0, 0.05) is 32.0 Å². The summed E-state index contributed by atoms with van der Waals surface area (Å²) in [6.07, 6.45) is 1.29. The second-order valence-corrected chi connectivity index (χ2v) is 4.87. The number of piperidine rings is 1. The van der Waals surface area contributed by atoms with Gasteiger partial charge in [-0.15, -0.1) is 0 Å². The number of nitrogens with one attached hydrogen (secondary N) is 1. The molecule has 0 bridgehead atoms. The lowest BCUT2D eigenvalue weighted by Crippen LogP contribution is -2.46. The fourth-order valence-corrected chi connectivity index (χ4v) is 2.23. The maximum Gasteiger partial charge on any atom is 0.312 e. The molecule has 1 aliphatic heterocycles. The molecule has 1 fully saturated rings. The van der Waals surface area contributed by atoms with Crippen LogP contribution in [0.15, 0.2) is 24.3 Å². The van der Waals surface area contributed by atoms with Crippen LogP contribution in [0.1, 0.15) is 12.8 Å². The first-order valence-electron chi connectivity index (χ1n) is 6.78. The fraction of sp³-hybridized carbons (Fsp3) is 0.429. The molecule has 3 N–H and O–H groups in total. The van der Waals surface area contributed by atoms with E-state index in [0.717, 1.165) is 0 Å². The van der Waals surface area contributed by atoms with E-state index in [1.807, 2.05) is 0 Å². The Hall–Kier alpha value is -2.31. The number of urea groups is 1. The summed E-state index contributed by atoms with van der Waals surface area (Å²) in [5.74, 6) is -0.00850. The number of hydrogen-bond acceptors (Lipinski definition) is 3. The largest absolute Gasteiger partial charge is 0.490 e. The smallest absolute Gasteiger partial charge is 0.312 e. The molecule has 1 aromatic carbocycles. The van der Waals surface area contributed by atoms with Gasteiger partial charge in [0.15, 0.2) is 0 Å². The highest BCUT2D eigenvalue weighted by atomic mass is 19.1. The van der Waals surface area contributed by atoms with E-state index >= 15 is 0 Å². The quantitative estimate of drug-likeness (QED) is 0.864. The highest BCUT2D eigenvalue weighted by molar-refractivity contribution is 5.83. The van der Waals surface area contributed by atoms with Crippen molar-refractivity contribution in [2.24, 2.45) is 5.73 Å². The van der Waals surface area contributed by atoms with Crippen LogP contribution >= 0.6 is 0 Å². The molecule has 2 rings (SSSR count). The van der Waals surface area contributed by atoms with Gasteiger partial charge in [0.2, 0.25) is 5.91 Å². The number of amides is 3. The zero-order valence-corrected chi connectivity index (χ0v) is 11.5. The van der Waals surface area contributed by atoms with Gasteiger partial charge in [0.05, 0.1) is 6.54 Å². The van der Waals surface area contributed by atoms with E-state index in [1.54, 1.807) is 17.0 Å². The second-order valence-electron chi connectivity index (χ2n) is 4.87. The number of carbonyl (C=O) groups is 2. The van der Waals surface area contributed by atoms with Gasteiger partial charge in [-0.3, -0.25) is 4.79 Å². The van der Waals surface area contributed by atoms with Crippen LogP contribution in [0.4, 0.5) is 9.18 Å². The maximum atomic E-state index is 13.1. The molecule has 0 aromatic heterocycles. The Kier molecular flexibility index (Phi) is 4.97. The molecule has 1 saturated heterocycles. The summed E-state index contributed by atoms with van der Waals surface area (Å²) in [5.41, 5.74) is 4.92. The normalized spacial score (nSPS) is 15.6. The average Bonchev–Trinajstić information content (AvgIpc) is 2.45. The Balaban J connectivity index is 1.78. The number of ether oxygens (including phenoxy) is 1. The van der Waals surface area contributed by atoms with Crippen molar-refractivity contribution in [3.8, 4) is 5.75 Å². The monoisotopic (exact) mass is 295 g/mol. The van der Waals surface area contributed by atoms with Gasteiger partial charge < -0.3 is 20.7 Å². The molecule has 114 valence electrons. The fourth-order valence-electron chi connectivity index (χ4n) is 2.23. The lowest BCUT2D eigenvalue weighted by atomic mass is 10.1. The molecular weight excluding hydrogens is 277 g/mol. The number of primary amides is 1. The van der Waals surface area contributed by atoms with Gasteiger partial charge in [0.25, 0.3) is 0 Å². The summed E-state index contributed by atoms with van der Waals surface area (Å²) in [7, 11) is 0. The van der Waals surface area contributed by atoms with Crippen molar-refractivity contribution in [1.82, 2.24) is 10.2 Å². The van der Waals surface area contributed by atoms with Gasteiger partial charge in [0.1, 0.15) is 17.7 Å². The summed E-state index contributed by atoms with van der Waals surface area (Å²) in [6.45, 7) is 0.989. The number of nitrogens with two attached hydrogens (primary N) is 1. The lowest BCUT2D eigenvalue weighted by molar-refractivity contribution is -0.131. The molecule has 3 amide bonds. The number of benzene rings is 1. The Morgan fingerprint density at radius 1 is 1.38 bits per heavy atom. The minimum atomic E-state index is -0.715. The number of halogens is 1. The van der Waals surface area contributed by atoms with Crippen molar-refractivity contribution in [3.05, 3.63) is 30.1 Å². The molecule has 0 aliphatic carbocycles. The highest BCUT2D eigenvalue weighted by Crippen LogP contribution is 2.19. The predicted octanol–water partition coefficient (Wildman–Crippen LogP) is 0.864. The third-order valence-corrected chi connectivity index (χ3v) is 3.31. The van der Waals surface area contributed by atoms with Crippen molar-refractivity contribution in [2.45, 2.75) is 18.9 Å². The maximum absolute atomic E-state index is 13.1. The molecule has 6 nitrogen and oxygen atoms in total. The van der Waals surface area contributed by atoms with Crippen LogP contribution in [0.25, 0.3) is 0 Å². The molecule has 1 aromatic rings. The topological polar surface area (TPSA) is 84.7 Å². The first-order chi connectivity index (χ1) is 10.0. The molecule has 21 heavy (non-hydrogen) atoms. The predicted molar refractivity (Wildman–Crippen MR) is 74.2 cm³/mol. The van der Waals surface area contributed by atoms with Gasteiger partial charge in [-0.1, -0.05) is 6.07 Å². The SMILES string of the molecule is NC(=O)NCC(=O)N1CCC(Oc2cccc(F)c2)CC1. The number of rotatable bonds is 4. The zero-order chi connectivity index (χ0) is 15.2. The van der Waals surface area contributed by atoms with Crippen molar-refractivity contribution in [3.63, 3.8) is 0 Å². The number of likely N-dealkylation sites (tertiary alicyclic amines) is 1. The van der Waals surface area contributed by atoms with E-state index in [1.165, 1.54) is 12.1 Å². The van der Waals surface area contributed by atoms with E-state index in [2.05, 4.69) is 5.32 Å². The summed E-state index contributed by atoms with van der Waals surface area (Å²) in [6, 6.07) is 5.29. The zero-order valence-electron chi connectivity index (χ0n) is 11.5. The summed E-state index contributed by atoms with van der Waals surface area (Å²) in [4.78, 5) is 24.0. The van der Waals surface area contributed by atoms with Crippen molar-refractivity contribution < 1.29 is 18.7 Å². The molecular formula is C14H18FN3O3. The molecule has 0 atom stereocenters. The van der Waals surface area contributed by atoms with Crippen molar-refractivity contribution in [1.29, 1.82) is 0 Å². The standard InChI is InChI=1S/C14H18FN3O3/c15-10-2-1-3-12(8-10)21-11-4-6-18(7-5-11)13(19)9-17-14(16)20/h1-3,8,11H,4-7,9H2,(H3,16,17,20). The average molecular weight is 295 g/mol. The minimum Gasteiger partial charge on any atom is -0.490 e. The lowest BCUT2D eigenvalue weighted by Gasteiger charge is -2.32. The Labute approximate surface area is 122 Å². The van der Waals surface area contributed by atoms with Gasteiger partial charge in [-0.05, 0) is 12.1 Å². The van der Waals surface area contributed by atoms with Crippen LogP contribution < -0.4 is 15.8 Å². The Morgan fingerprint density at radius 3 is 2.71 bits per heavy atom. The van der Waals surface area contributed by atoms with Gasteiger partial charge in [-0.25, -0.2) is 9.18 Å². The Bertz CT molecular complexity index is 516. The van der Waals surface area contributed by atoms with E-state index in [0.29, 0.717) is 31.7 Å². The first kappa shape index (κ1) is 15.1. The second kappa shape index (κ2) is 6.92. The van der Waals surface area contributed by atoms with Crippen LogP contribution in [0.5, 0.6) is 5.75 Å². The molecule has 0 spiro atoms. The third kappa shape index (κ3) is 4.62. The van der Waals surface area contributed by atoms with Crippen molar-refractivity contribution in [2.75, 3.05) is 19.6 Å². The van der Waals surface area contributed by atoms with Crippen molar-refractivity contribution >= 4 is 11.9 Å². The van der Waals surface area contributed by atoms with Crippen LogP contribution in [0.2, 0.25) is 0 Å². The van der Waals surface area contributed by atoms with Crippen LogP contribution in [0.3, 0.4) is 0 Å². The summed E-state index contributed by atoms with van der Waals surface area (Å²) >= 11 is 0. The number of hydrogen-bond donors (Lipinski definition) is 2. The molecule has 1 aliphatic rings. The highest BCUT2D eigenvalue weighted by Gasteiger charge is 2.23. The summed E-state index contributed by atoms with van der Waals surface area (Å²) in [5, 5.41) is 2.27. The first-order valence-corrected chi connectivity index (χ1v) is 6.78. The van der Waals surface area contributed by atoms with Gasteiger partial charge >= 0.3 is 6.03 Å². The third-order valence-electron chi connectivity index (χ3n) is 3.31. The Morgan fingerprint density at radius 2 is 2.10 bits per heavy atom. The molecule has 0 radical (unpaired) electrons. The van der Waals surface area contributed by atoms with Gasteiger partial charge in [-0.2, -0.15) is 0 Å². The van der Waals surface area contributed by atoms with E-state index in [9.17, 15) is 14.0 Å². The molecule has 1 heterocycles. The molecule has 0 saturated carbocycles. The molecule has 7 heteroatoms. The number of carbonyl (C=O) groups excluding carboxylic acids is 2. The van der Waals surface area contributed by atoms with Crippen LogP contribution in [-0.2, 0) is 4.79 Å². The van der Waals surface area contributed by atoms with E-state index in [-0.39, 0.29) is 24.4 Å². The van der Waals surface area contributed by atoms with Crippen LogP contribution in [0, 0.1) is 5.82 Å².